The van der Waals surface area contributed by atoms with Crippen molar-refractivity contribution in [3.05, 3.63) is 70.8 Å². The molecule has 0 amide bonds. The Morgan fingerprint density at radius 2 is 1.39 bits per heavy atom. The van der Waals surface area contributed by atoms with Gasteiger partial charge >= 0.3 is 0 Å². The summed E-state index contributed by atoms with van der Waals surface area (Å²) in [4.78, 5) is 0. The predicted octanol–water partition coefficient (Wildman–Crippen LogP) is 6.40. The minimum Gasteiger partial charge on any atom is -0.294 e. The van der Waals surface area contributed by atoms with Crippen LogP contribution in [-0.4, -0.2) is 0 Å². The second kappa shape index (κ2) is 5.72. The molecule has 0 aromatic heterocycles. The molecule has 2 heterocycles. The standard InChI is InChI=1S/C27H33N/c1-25-17-20-18-27(20,16-19-10-4-3-5-11-19)24-15-9-8-14-23(24)26(2,28-25)22-13-7-6-12-21(22)25/h6-9,12-15,19-20,28H,3-5,10-11,16-18H2,1-2H3/t20-,25-,26-,27+/m1/s1. The molecule has 28 heavy (non-hydrogen) atoms. The fourth-order valence-corrected chi connectivity index (χ4v) is 7.55. The van der Waals surface area contributed by atoms with Crippen LogP contribution in [-0.2, 0) is 16.5 Å². The molecule has 2 fully saturated rings. The van der Waals surface area contributed by atoms with Gasteiger partial charge < -0.3 is 0 Å². The van der Waals surface area contributed by atoms with Gasteiger partial charge in [-0.3, -0.25) is 5.32 Å². The summed E-state index contributed by atoms with van der Waals surface area (Å²) in [7, 11) is 0. The van der Waals surface area contributed by atoms with Crippen LogP contribution in [0.5, 0.6) is 0 Å². The molecule has 0 unspecified atom stereocenters. The molecule has 1 heteroatoms. The molecule has 1 nitrogen and oxygen atoms in total. The van der Waals surface area contributed by atoms with Crippen molar-refractivity contribution in [2.24, 2.45) is 11.8 Å². The molecule has 2 aliphatic heterocycles. The number of fused-ring (bicyclic) bond motifs is 9. The number of hydrogen-bond donors (Lipinski definition) is 1. The highest BCUT2D eigenvalue weighted by atomic mass is 15.1. The lowest BCUT2D eigenvalue weighted by Crippen LogP contribution is -2.47. The monoisotopic (exact) mass is 371 g/mol. The highest BCUT2D eigenvalue weighted by Crippen LogP contribution is 2.67. The molecule has 0 radical (unpaired) electrons. The number of rotatable bonds is 2. The summed E-state index contributed by atoms with van der Waals surface area (Å²) in [6, 6.07) is 18.7. The lowest BCUT2D eigenvalue weighted by Gasteiger charge is -2.40. The van der Waals surface area contributed by atoms with E-state index >= 15 is 0 Å². The van der Waals surface area contributed by atoms with Crippen LogP contribution in [0.2, 0.25) is 0 Å². The molecular formula is C27H33N. The van der Waals surface area contributed by atoms with Crippen LogP contribution >= 0.6 is 0 Å². The van der Waals surface area contributed by atoms with E-state index in [1.165, 1.54) is 62.5 Å². The van der Waals surface area contributed by atoms with Crippen LogP contribution < -0.4 is 5.32 Å². The first kappa shape index (κ1) is 17.3. The van der Waals surface area contributed by atoms with E-state index in [1.54, 1.807) is 11.1 Å². The summed E-state index contributed by atoms with van der Waals surface area (Å²) < 4.78 is 0. The van der Waals surface area contributed by atoms with E-state index in [4.69, 9.17) is 0 Å². The Morgan fingerprint density at radius 1 is 0.786 bits per heavy atom. The van der Waals surface area contributed by atoms with E-state index in [-0.39, 0.29) is 11.1 Å². The highest BCUT2D eigenvalue weighted by Gasteiger charge is 2.63. The second-order valence-electron chi connectivity index (χ2n) is 10.6. The quantitative estimate of drug-likeness (QED) is 0.644. The molecule has 1 N–H and O–H groups in total. The third-order valence-corrected chi connectivity index (χ3v) is 8.85. The van der Waals surface area contributed by atoms with Crippen LogP contribution in [0.15, 0.2) is 48.5 Å². The molecule has 2 aromatic rings. The topological polar surface area (TPSA) is 12.0 Å². The van der Waals surface area contributed by atoms with Crippen molar-refractivity contribution in [1.29, 1.82) is 0 Å². The summed E-state index contributed by atoms with van der Waals surface area (Å²) in [5, 5.41) is 4.15. The van der Waals surface area contributed by atoms with Gasteiger partial charge in [0, 0.05) is 5.54 Å². The van der Waals surface area contributed by atoms with Crippen molar-refractivity contribution in [2.45, 2.75) is 81.7 Å². The third-order valence-electron chi connectivity index (χ3n) is 8.85. The maximum absolute atomic E-state index is 4.15. The van der Waals surface area contributed by atoms with Gasteiger partial charge in [0.2, 0.25) is 0 Å². The minimum atomic E-state index is -0.0743. The molecule has 2 aromatic carbocycles. The Bertz CT molecular complexity index is 925. The van der Waals surface area contributed by atoms with E-state index in [1.807, 2.05) is 0 Å². The van der Waals surface area contributed by atoms with Crippen LogP contribution in [0.3, 0.4) is 0 Å². The smallest absolute Gasteiger partial charge is 0.0674 e. The minimum absolute atomic E-state index is 0.0743. The zero-order chi connectivity index (χ0) is 19.0. The van der Waals surface area contributed by atoms with Crippen LogP contribution in [0.1, 0.15) is 87.5 Å². The molecule has 2 saturated carbocycles. The van der Waals surface area contributed by atoms with Crippen molar-refractivity contribution < 1.29 is 0 Å². The van der Waals surface area contributed by atoms with E-state index in [9.17, 15) is 0 Å². The van der Waals surface area contributed by atoms with Gasteiger partial charge in [0.25, 0.3) is 0 Å². The zero-order valence-corrected chi connectivity index (χ0v) is 17.4. The summed E-state index contributed by atoms with van der Waals surface area (Å²) in [5.41, 5.74) is 6.70. The zero-order valence-electron chi connectivity index (χ0n) is 17.4. The van der Waals surface area contributed by atoms with Crippen molar-refractivity contribution in [3.8, 4) is 0 Å². The fraction of sp³-hybridized carbons (Fsp3) is 0.556. The largest absolute Gasteiger partial charge is 0.294 e. The third kappa shape index (κ3) is 2.23. The van der Waals surface area contributed by atoms with E-state index in [0.717, 1.165) is 11.8 Å². The van der Waals surface area contributed by atoms with E-state index in [0.29, 0.717) is 5.41 Å². The SMILES string of the molecule is C[C@]12N[C@](C)(C[C@@H]3C[C@]3(CC3CCCCC3)c3ccccc31)c1ccccc12. The fourth-order valence-electron chi connectivity index (χ4n) is 7.55. The van der Waals surface area contributed by atoms with Gasteiger partial charge in [-0.15, -0.1) is 0 Å². The van der Waals surface area contributed by atoms with Crippen molar-refractivity contribution in [1.82, 2.24) is 5.32 Å². The second-order valence-corrected chi connectivity index (χ2v) is 10.6. The molecule has 146 valence electrons. The predicted molar refractivity (Wildman–Crippen MR) is 115 cm³/mol. The first-order valence-electron chi connectivity index (χ1n) is 11.5. The van der Waals surface area contributed by atoms with E-state index < -0.39 is 0 Å². The summed E-state index contributed by atoms with van der Waals surface area (Å²) >= 11 is 0. The number of nitrogens with one attached hydrogen (secondary N) is 1. The van der Waals surface area contributed by atoms with Gasteiger partial charge in [-0.05, 0) is 72.6 Å². The number of hydrogen-bond acceptors (Lipinski definition) is 1. The van der Waals surface area contributed by atoms with Crippen LogP contribution in [0.25, 0.3) is 0 Å². The Balaban J connectivity index is 1.52. The molecule has 2 aliphatic carbocycles. The Labute approximate surface area is 169 Å². The molecular weight excluding hydrogens is 338 g/mol. The van der Waals surface area contributed by atoms with Gasteiger partial charge in [-0.25, -0.2) is 0 Å². The maximum Gasteiger partial charge on any atom is 0.0674 e. The Hall–Kier alpha value is -1.60. The normalized spacial score (nSPS) is 38.7. The maximum atomic E-state index is 4.15. The lowest BCUT2D eigenvalue weighted by molar-refractivity contribution is 0.244. The Kier molecular flexibility index (Phi) is 3.53. The first-order valence-corrected chi connectivity index (χ1v) is 11.5. The molecule has 4 aliphatic rings. The lowest BCUT2D eigenvalue weighted by atomic mass is 9.72. The molecule has 2 bridgehead atoms. The van der Waals surface area contributed by atoms with Crippen molar-refractivity contribution >= 4 is 0 Å². The van der Waals surface area contributed by atoms with E-state index in [2.05, 4.69) is 67.7 Å². The van der Waals surface area contributed by atoms with Gasteiger partial charge in [-0.2, -0.15) is 0 Å². The van der Waals surface area contributed by atoms with Crippen LogP contribution in [0.4, 0.5) is 0 Å². The summed E-state index contributed by atoms with van der Waals surface area (Å²) in [5.74, 6) is 1.77. The first-order chi connectivity index (χ1) is 13.6. The Morgan fingerprint density at radius 3 is 2.11 bits per heavy atom. The van der Waals surface area contributed by atoms with Gasteiger partial charge in [-0.1, -0.05) is 80.6 Å². The summed E-state index contributed by atoms with van der Waals surface area (Å²) in [6.45, 7) is 4.90. The van der Waals surface area contributed by atoms with Gasteiger partial charge in [0.1, 0.15) is 0 Å². The van der Waals surface area contributed by atoms with Gasteiger partial charge in [0.05, 0.1) is 5.54 Å². The molecule has 6 rings (SSSR count). The van der Waals surface area contributed by atoms with Crippen LogP contribution in [0, 0.1) is 11.8 Å². The average molecular weight is 372 g/mol. The highest BCUT2D eigenvalue weighted by molar-refractivity contribution is 5.56. The van der Waals surface area contributed by atoms with Crippen molar-refractivity contribution in [3.63, 3.8) is 0 Å². The molecule has 0 saturated heterocycles. The number of benzene rings is 2. The molecule has 4 atom stereocenters. The average Bonchev–Trinajstić information content (AvgIpc) is 3.32. The summed E-state index contributed by atoms with van der Waals surface area (Å²) in [6.07, 6.45) is 11.4. The van der Waals surface area contributed by atoms with Gasteiger partial charge in [0.15, 0.2) is 0 Å². The molecule has 0 spiro atoms. The van der Waals surface area contributed by atoms with Crippen molar-refractivity contribution in [2.75, 3.05) is 0 Å².